The number of benzene rings is 1. The Kier molecular flexibility index (Phi) is 5.73. The number of thioether (sulfide) groups is 1. The van der Waals surface area contributed by atoms with Gasteiger partial charge in [-0.25, -0.2) is 0 Å². The first kappa shape index (κ1) is 19.1. The van der Waals surface area contributed by atoms with Crippen LogP contribution in [-0.4, -0.2) is 66.1 Å². The number of hydrogen-bond acceptors (Lipinski definition) is 5. The lowest BCUT2D eigenvalue weighted by Crippen LogP contribution is -2.51. The van der Waals surface area contributed by atoms with Crippen molar-refractivity contribution in [3.05, 3.63) is 48.4 Å². The summed E-state index contributed by atoms with van der Waals surface area (Å²) in [5.41, 5.74) is 1.02. The van der Waals surface area contributed by atoms with Crippen LogP contribution in [0.15, 0.2) is 52.0 Å². The van der Waals surface area contributed by atoms with E-state index in [2.05, 4.69) is 17.9 Å². The molecule has 1 aromatic heterocycles. The largest absolute Gasteiger partial charge is 0.459 e. The predicted molar refractivity (Wildman–Crippen MR) is 110 cm³/mol. The number of rotatable bonds is 3. The molecule has 28 heavy (non-hydrogen) atoms. The Hall–Kier alpha value is -2.25. The van der Waals surface area contributed by atoms with E-state index in [1.165, 1.54) is 11.2 Å². The van der Waals surface area contributed by atoms with E-state index in [1.807, 2.05) is 34.9 Å². The van der Waals surface area contributed by atoms with Crippen LogP contribution in [0, 0.1) is 0 Å². The topological polar surface area (TPSA) is 57.0 Å². The predicted octanol–water partition coefficient (Wildman–Crippen LogP) is 2.95. The van der Waals surface area contributed by atoms with E-state index in [-0.39, 0.29) is 11.8 Å². The lowest BCUT2D eigenvalue weighted by molar-refractivity contribution is -0.120. The van der Waals surface area contributed by atoms with Crippen molar-refractivity contribution in [1.29, 1.82) is 0 Å². The molecule has 1 aromatic carbocycles. The molecule has 7 heteroatoms. The molecule has 2 aliphatic rings. The van der Waals surface area contributed by atoms with Crippen LogP contribution in [0.1, 0.15) is 23.9 Å². The molecule has 0 radical (unpaired) electrons. The molecule has 1 unspecified atom stereocenters. The van der Waals surface area contributed by atoms with Crippen LogP contribution in [0.25, 0.3) is 0 Å². The number of piperazine rings is 1. The molecule has 0 N–H and O–H groups in total. The molecule has 1 fully saturated rings. The van der Waals surface area contributed by atoms with Crippen molar-refractivity contribution in [2.45, 2.75) is 23.5 Å². The van der Waals surface area contributed by atoms with Crippen LogP contribution < -0.4 is 4.90 Å². The summed E-state index contributed by atoms with van der Waals surface area (Å²) in [5, 5.41) is 0.495. The molecule has 2 aromatic rings. The van der Waals surface area contributed by atoms with Gasteiger partial charge in [-0.15, -0.1) is 11.8 Å². The third-order valence-corrected chi connectivity index (χ3v) is 6.53. The smallest absolute Gasteiger partial charge is 0.289 e. The fraction of sp³-hybridized carbons (Fsp3) is 0.429. The Balaban J connectivity index is 1.36. The number of nitrogens with zero attached hydrogens (tertiary/aromatic N) is 3. The number of carbonyl (C=O) groups is 2. The standard InChI is InChI=1S/C21H25N3O3S/c1-16-8-9-24(17-5-2-3-7-19(17)28-16)20(25)15-22-10-12-23(13-11-22)21(26)18-6-4-14-27-18/h2-7,14,16H,8-13,15H2,1H3. The number of para-hydroxylation sites is 1. The Morgan fingerprint density at radius 2 is 1.86 bits per heavy atom. The van der Waals surface area contributed by atoms with Gasteiger partial charge in [0.25, 0.3) is 5.91 Å². The summed E-state index contributed by atoms with van der Waals surface area (Å²) in [7, 11) is 0. The summed E-state index contributed by atoms with van der Waals surface area (Å²) in [4.78, 5) is 32.5. The van der Waals surface area contributed by atoms with Gasteiger partial charge in [0, 0.05) is 42.9 Å². The number of anilines is 1. The number of amides is 2. The van der Waals surface area contributed by atoms with Gasteiger partial charge in [-0.1, -0.05) is 19.1 Å². The van der Waals surface area contributed by atoms with E-state index in [4.69, 9.17) is 4.42 Å². The van der Waals surface area contributed by atoms with Crippen molar-refractivity contribution >= 4 is 29.3 Å². The lowest BCUT2D eigenvalue weighted by Gasteiger charge is -2.35. The Morgan fingerprint density at radius 3 is 2.61 bits per heavy atom. The van der Waals surface area contributed by atoms with Crippen molar-refractivity contribution in [3.63, 3.8) is 0 Å². The van der Waals surface area contributed by atoms with Crippen LogP contribution in [0.4, 0.5) is 5.69 Å². The van der Waals surface area contributed by atoms with Gasteiger partial charge < -0.3 is 14.2 Å². The highest BCUT2D eigenvalue weighted by Crippen LogP contribution is 2.37. The molecule has 1 atom stereocenters. The van der Waals surface area contributed by atoms with Crippen molar-refractivity contribution < 1.29 is 14.0 Å². The van der Waals surface area contributed by atoms with Gasteiger partial charge in [-0.05, 0) is 30.7 Å². The lowest BCUT2D eigenvalue weighted by atomic mass is 10.2. The number of hydrogen-bond donors (Lipinski definition) is 0. The molecule has 6 nitrogen and oxygen atoms in total. The monoisotopic (exact) mass is 399 g/mol. The number of carbonyl (C=O) groups excluding carboxylic acids is 2. The summed E-state index contributed by atoms with van der Waals surface area (Å²) in [5.74, 6) is 0.425. The van der Waals surface area contributed by atoms with Crippen LogP contribution in [-0.2, 0) is 4.79 Å². The van der Waals surface area contributed by atoms with Gasteiger partial charge in [0.2, 0.25) is 5.91 Å². The quantitative estimate of drug-likeness (QED) is 0.794. The molecule has 0 aliphatic carbocycles. The zero-order valence-electron chi connectivity index (χ0n) is 16.0. The third-order valence-electron chi connectivity index (χ3n) is 5.29. The SMILES string of the molecule is CC1CCN(C(=O)CN2CCN(C(=O)c3ccco3)CC2)c2ccccc2S1. The minimum Gasteiger partial charge on any atom is -0.459 e. The fourth-order valence-corrected chi connectivity index (χ4v) is 4.80. The maximum absolute atomic E-state index is 13.1. The molecule has 2 aliphatic heterocycles. The zero-order valence-corrected chi connectivity index (χ0v) is 16.9. The Labute approximate surface area is 169 Å². The first-order valence-corrected chi connectivity index (χ1v) is 10.6. The average Bonchev–Trinajstić information content (AvgIpc) is 3.18. The summed E-state index contributed by atoms with van der Waals surface area (Å²) < 4.78 is 5.21. The third kappa shape index (κ3) is 4.10. The highest BCUT2D eigenvalue weighted by atomic mass is 32.2. The van der Waals surface area contributed by atoms with Gasteiger partial charge >= 0.3 is 0 Å². The van der Waals surface area contributed by atoms with E-state index in [1.54, 1.807) is 17.0 Å². The maximum Gasteiger partial charge on any atom is 0.289 e. The molecule has 0 bridgehead atoms. The Bertz CT molecular complexity index is 831. The first-order valence-electron chi connectivity index (χ1n) is 9.73. The van der Waals surface area contributed by atoms with Crippen LogP contribution in [0.5, 0.6) is 0 Å². The minimum atomic E-state index is -0.0802. The normalized spacial score (nSPS) is 20.5. The van der Waals surface area contributed by atoms with Gasteiger partial charge in [0.15, 0.2) is 5.76 Å². The fourth-order valence-electron chi connectivity index (χ4n) is 3.69. The molecule has 0 spiro atoms. The molecule has 2 amide bonds. The second-order valence-electron chi connectivity index (χ2n) is 7.28. The average molecular weight is 400 g/mol. The van der Waals surface area contributed by atoms with E-state index >= 15 is 0 Å². The van der Waals surface area contributed by atoms with Crippen molar-refractivity contribution in [2.75, 3.05) is 44.2 Å². The highest BCUT2D eigenvalue weighted by Gasteiger charge is 2.28. The van der Waals surface area contributed by atoms with Crippen LogP contribution in [0.2, 0.25) is 0 Å². The molecule has 0 saturated carbocycles. The summed E-state index contributed by atoms with van der Waals surface area (Å²) in [6.07, 6.45) is 2.50. The van der Waals surface area contributed by atoms with E-state index < -0.39 is 0 Å². The highest BCUT2D eigenvalue weighted by molar-refractivity contribution is 8.00. The molecule has 148 valence electrons. The molecule has 1 saturated heterocycles. The van der Waals surface area contributed by atoms with E-state index in [9.17, 15) is 9.59 Å². The van der Waals surface area contributed by atoms with Crippen molar-refractivity contribution in [2.24, 2.45) is 0 Å². The summed E-state index contributed by atoms with van der Waals surface area (Å²) in [6, 6.07) is 11.6. The maximum atomic E-state index is 13.1. The van der Waals surface area contributed by atoms with Gasteiger partial charge in [0.05, 0.1) is 18.5 Å². The summed E-state index contributed by atoms with van der Waals surface area (Å²) >= 11 is 1.84. The second-order valence-corrected chi connectivity index (χ2v) is 8.76. The van der Waals surface area contributed by atoms with E-state index in [0.717, 1.165) is 18.7 Å². The molecular formula is C21H25N3O3S. The van der Waals surface area contributed by atoms with Crippen LogP contribution in [0.3, 0.4) is 0 Å². The molecule has 4 rings (SSSR count). The number of furan rings is 1. The minimum absolute atomic E-state index is 0.0802. The number of fused-ring (bicyclic) bond motifs is 1. The van der Waals surface area contributed by atoms with Gasteiger partial charge in [0.1, 0.15) is 0 Å². The zero-order chi connectivity index (χ0) is 19.5. The van der Waals surface area contributed by atoms with Crippen molar-refractivity contribution in [3.8, 4) is 0 Å². The summed E-state index contributed by atoms with van der Waals surface area (Å²) in [6.45, 7) is 5.95. The van der Waals surface area contributed by atoms with E-state index in [0.29, 0.717) is 43.7 Å². The molecular weight excluding hydrogens is 374 g/mol. The Morgan fingerprint density at radius 1 is 1.07 bits per heavy atom. The van der Waals surface area contributed by atoms with Crippen molar-refractivity contribution in [1.82, 2.24) is 9.80 Å². The second kappa shape index (κ2) is 8.41. The van der Waals surface area contributed by atoms with Gasteiger partial charge in [-0.3, -0.25) is 14.5 Å². The van der Waals surface area contributed by atoms with Crippen LogP contribution >= 0.6 is 11.8 Å². The first-order chi connectivity index (χ1) is 13.6. The van der Waals surface area contributed by atoms with Gasteiger partial charge in [-0.2, -0.15) is 0 Å². The molecule has 3 heterocycles.